The lowest BCUT2D eigenvalue weighted by Gasteiger charge is -2.31. The van der Waals surface area contributed by atoms with E-state index in [1.165, 1.54) is 17.7 Å². The molecule has 0 unspecified atom stereocenters. The van der Waals surface area contributed by atoms with Crippen molar-refractivity contribution in [3.05, 3.63) is 88.5 Å². The predicted octanol–water partition coefficient (Wildman–Crippen LogP) is 5.63. The number of ether oxygens (including phenoxy) is 1. The maximum atomic E-state index is 15.0. The summed E-state index contributed by atoms with van der Waals surface area (Å²) in [5.74, 6) is -1.04. The van der Waals surface area contributed by atoms with Gasteiger partial charge in [-0.05, 0) is 80.0 Å². The van der Waals surface area contributed by atoms with Gasteiger partial charge in [-0.3, -0.25) is 4.98 Å². The van der Waals surface area contributed by atoms with E-state index in [4.69, 9.17) is 15.9 Å². The van der Waals surface area contributed by atoms with Gasteiger partial charge < -0.3 is 26.2 Å². The van der Waals surface area contributed by atoms with Crippen molar-refractivity contribution in [1.82, 2.24) is 15.0 Å². The molecule has 3 heterocycles. The van der Waals surface area contributed by atoms with E-state index in [0.717, 1.165) is 36.2 Å². The van der Waals surface area contributed by atoms with Crippen molar-refractivity contribution in [2.24, 2.45) is 5.73 Å². The Balaban J connectivity index is 1.30. The minimum atomic E-state index is -0.998. The summed E-state index contributed by atoms with van der Waals surface area (Å²) in [6, 6.07) is 6.54. The molecule has 1 aromatic carbocycles. The summed E-state index contributed by atoms with van der Waals surface area (Å²) in [4.78, 5) is 11.7. The van der Waals surface area contributed by atoms with Crippen LogP contribution >= 0.6 is 0 Å². The van der Waals surface area contributed by atoms with Crippen molar-refractivity contribution in [1.29, 1.82) is 10.7 Å². The number of rotatable bonds is 7. The fourth-order valence-corrected chi connectivity index (χ4v) is 5.56. The zero-order chi connectivity index (χ0) is 28.3. The molecule has 3 aromatic rings. The van der Waals surface area contributed by atoms with Gasteiger partial charge in [-0.2, -0.15) is 5.26 Å². The van der Waals surface area contributed by atoms with Crippen LogP contribution in [-0.2, 0) is 10.2 Å². The predicted molar refractivity (Wildman–Crippen MR) is 149 cm³/mol. The number of nitrogens with zero attached hydrogens (tertiary/aromatic N) is 3. The van der Waals surface area contributed by atoms with Gasteiger partial charge in [0.05, 0.1) is 46.5 Å². The first kappa shape index (κ1) is 27.4. The zero-order valence-corrected chi connectivity index (χ0v) is 22.2. The summed E-state index contributed by atoms with van der Waals surface area (Å²) in [5, 5.41) is 21.3. The van der Waals surface area contributed by atoms with E-state index >= 15 is 8.78 Å². The molecule has 0 radical (unpaired) electrons. The van der Waals surface area contributed by atoms with Crippen molar-refractivity contribution >= 4 is 23.4 Å². The van der Waals surface area contributed by atoms with E-state index in [9.17, 15) is 5.26 Å². The summed E-state index contributed by atoms with van der Waals surface area (Å²) < 4.78 is 35.4. The number of nitrogens with two attached hydrogens (primary N) is 1. The maximum absolute atomic E-state index is 15.0. The van der Waals surface area contributed by atoms with Crippen LogP contribution in [-0.4, -0.2) is 39.9 Å². The third-order valence-corrected chi connectivity index (χ3v) is 7.62. The van der Waals surface area contributed by atoms with Crippen LogP contribution in [0.15, 0.2) is 54.5 Å². The number of aromatic nitrogens is 3. The van der Waals surface area contributed by atoms with E-state index < -0.39 is 22.6 Å². The Morgan fingerprint density at radius 2 is 2.02 bits per heavy atom. The first-order valence-corrected chi connectivity index (χ1v) is 13.2. The van der Waals surface area contributed by atoms with Crippen LogP contribution < -0.4 is 11.1 Å². The number of nitriles is 1. The first-order chi connectivity index (χ1) is 19.3. The van der Waals surface area contributed by atoms with Crippen LogP contribution in [0, 0.1) is 28.4 Å². The molecule has 0 saturated carbocycles. The van der Waals surface area contributed by atoms with Crippen molar-refractivity contribution in [2.75, 3.05) is 18.5 Å². The molecule has 0 bridgehead atoms. The fourth-order valence-electron chi connectivity index (χ4n) is 5.56. The molecule has 8 nitrogen and oxygen atoms in total. The molecule has 0 amide bonds. The monoisotopic (exact) mass is 543 g/mol. The Morgan fingerprint density at radius 3 is 2.73 bits per heavy atom. The summed E-state index contributed by atoms with van der Waals surface area (Å²) >= 11 is 0. The maximum Gasteiger partial charge on any atom is 0.205 e. The molecular formula is C30H31F2N7O. The zero-order valence-electron chi connectivity index (χ0n) is 22.2. The normalized spacial score (nSPS) is 20.6. The van der Waals surface area contributed by atoms with Gasteiger partial charge >= 0.3 is 0 Å². The van der Waals surface area contributed by atoms with E-state index in [-0.39, 0.29) is 23.2 Å². The molecule has 1 aliphatic carbocycles. The molecule has 40 heavy (non-hydrogen) atoms. The number of hydrogen-bond donors (Lipinski definition) is 4. The van der Waals surface area contributed by atoms with Gasteiger partial charge in [0.15, 0.2) is 0 Å². The Hall–Kier alpha value is -4.20. The number of pyridine rings is 1. The van der Waals surface area contributed by atoms with E-state index in [0.29, 0.717) is 37.7 Å². The van der Waals surface area contributed by atoms with Crippen LogP contribution in [0.2, 0.25) is 0 Å². The van der Waals surface area contributed by atoms with Crippen molar-refractivity contribution < 1.29 is 13.5 Å². The Bertz CT molecular complexity index is 1490. The fraction of sp³-hybridized carbons (Fsp3) is 0.333. The third-order valence-electron chi connectivity index (χ3n) is 7.62. The van der Waals surface area contributed by atoms with Gasteiger partial charge in [0.25, 0.3) is 0 Å². The van der Waals surface area contributed by atoms with Gasteiger partial charge in [0, 0.05) is 25.5 Å². The lowest BCUT2D eigenvalue weighted by Crippen LogP contribution is -2.32. The topological polar surface area (TPSA) is 136 Å². The number of H-pyrrole nitrogens is 1. The Labute approximate surface area is 231 Å². The second kappa shape index (κ2) is 11.5. The molecule has 1 fully saturated rings. The van der Waals surface area contributed by atoms with Gasteiger partial charge in [-0.15, -0.1) is 0 Å². The number of anilines is 2. The summed E-state index contributed by atoms with van der Waals surface area (Å²) in [7, 11) is 0. The minimum absolute atomic E-state index is 0.00985. The third kappa shape index (κ3) is 5.71. The van der Waals surface area contributed by atoms with E-state index in [1.807, 2.05) is 6.07 Å². The van der Waals surface area contributed by atoms with Crippen LogP contribution in [0.1, 0.15) is 60.9 Å². The number of benzene rings is 1. The lowest BCUT2D eigenvalue weighted by molar-refractivity contribution is 0.0673. The largest absolute Gasteiger partial charge is 0.381 e. The van der Waals surface area contributed by atoms with Crippen LogP contribution in [0.25, 0.3) is 6.08 Å². The Kier molecular flexibility index (Phi) is 7.87. The SMILES string of the molecule is CC1=C[C@H](N)C[C@H](c2ccncc2Nc2ncc(/C=C\C(=N)c3c(F)cc(C4(C#N)CCOCC4)cc3F)[nH]2)C1. The highest BCUT2D eigenvalue weighted by Gasteiger charge is 2.36. The summed E-state index contributed by atoms with van der Waals surface area (Å²) in [5.41, 5.74) is 8.41. The molecule has 10 heteroatoms. The molecule has 5 N–H and O–H groups in total. The first-order valence-electron chi connectivity index (χ1n) is 13.2. The molecule has 1 saturated heterocycles. The molecule has 2 aliphatic rings. The smallest absolute Gasteiger partial charge is 0.205 e. The highest BCUT2D eigenvalue weighted by molar-refractivity contribution is 6.09. The second-order valence-corrected chi connectivity index (χ2v) is 10.5. The number of allylic oxidation sites excluding steroid dienone is 2. The van der Waals surface area contributed by atoms with Crippen molar-refractivity contribution in [2.45, 2.75) is 50.0 Å². The van der Waals surface area contributed by atoms with Gasteiger partial charge in [-0.1, -0.05) is 11.6 Å². The van der Waals surface area contributed by atoms with Gasteiger partial charge in [-0.25, -0.2) is 13.8 Å². The van der Waals surface area contributed by atoms with Crippen molar-refractivity contribution in [3.63, 3.8) is 0 Å². The van der Waals surface area contributed by atoms with E-state index in [1.54, 1.807) is 18.6 Å². The number of nitrogens with one attached hydrogen (secondary N) is 3. The number of hydrogen-bond acceptors (Lipinski definition) is 7. The highest BCUT2D eigenvalue weighted by atomic mass is 19.1. The van der Waals surface area contributed by atoms with Crippen molar-refractivity contribution in [3.8, 4) is 6.07 Å². The van der Waals surface area contributed by atoms with E-state index in [2.05, 4.69) is 39.3 Å². The summed E-state index contributed by atoms with van der Waals surface area (Å²) in [6.45, 7) is 2.79. The Morgan fingerprint density at radius 1 is 1.27 bits per heavy atom. The lowest BCUT2D eigenvalue weighted by atomic mass is 9.75. The minimum Gasteiger partial charge on any atom is -0.381 e. The molecule has 206 valence electrons. The van der Waals surface area contributed by atoms with Gasteiger partial charge in [0.1, 0.15) is 11.6 Å². The summed E-state index contributed by atoms with van der Waals surface area (Å²) in [6.07, 6.45) is 12.5. The van der Waals surface area contributed by atoms with Crippen LogP contribution in [0.3, 0.4) is 0 Å². The molecule has 2 atom stereocenters. The molecule has 1 aliphatic heterocycles. The number of halogens is 2. The molecular weight excluding hydrogens is 512 g/mol. The molecule has 2 aromatic heterocycles. The molecule has 0 spiro atoms. The van der Waals surface area contributed by atoms with Gasteiger partial charge in [0.2, 0.25) is 5.95 Å². The quantitative estimate of drug-likeness (QED) is 0.225. The second-order valence-electron chi connectivity index (χ2n) is 10.5. The highest BCUT2D eigenvalue weighted by Crippen LogP contribution is 2.37. The standard InChI is InChI=1S/C30H31F2N7O/c1-18-10-19(12-21(34)11-18)23-4-7-36-16-27(23)39-29-37-15-22(38-29)2-3-26(35)28-24(31)13-20(14-25(28)32)30(17-33)5-8-40-9-6-30/h2-4,7,11,13-16,19,21,35H,5-6,8-10,12,34H2,1H3,(H2,37,38,39)/b3-2-,35-26?/t19-,21+/m1/s1. The average Bonchev–Trinajstić information content (AvgIpc) is 3.39. The van der Waals surface area contributed by atoms with Crippen LogP contribution in [0.4, 0.5) is 20.4 Å². The molecule has 5 rings (SSSR count). The number of imidazole rings is 1. The number of aromatic amines is 1. The average molecular weight is 544 g/mol. The van der Waals surface area contributed by atoms with Crippen LogP contribution in [0.5, 0.6) is 0 Å².